The van der Waals surface area contributed by atoms with Gasteiger partial charge in [0, 0.05) is 5.02 Å². The number of hydrogen-bond acceptors (Lipinski definition) is 4. The molecule has 18 heavy (non-hydrogen) atoms. The number of nitrogens with two attached hydrogens (primary N) is 1. The molecule has 0 saturated heterocycles. The molecule has 0 amide bonds. The van der Waals surface area contributed by atoms with E-state index in [4.69, 9.17) is 22.1 Å². The first kappa shape index (κ1) is 12.4. The lowest BCUT2D eigenvalue weighted by Crippen LogP contribution is -2.18. The Bertz CT molecular complexity index is 625. The Morgan fingerprint density at radius 3 is 2.94 bits per heavy atom. The second-order valence-corrected chi connectivity index (χ2v) is 4.17. The predicted octanol–water partition coefficient (Wildman–Crippen LogP) is 1.54. The maximum Gasteiger partial charge on any atom is 0.316 e. The van der Waals surface area contributed by atoms with Gasteiger partial charge in [-0.05, 0) is 17.7 Å². The highest BCUT2D eigenvalue weighted by Crippen LogP contribution is 2.14. The molecule has 1 aromatic heterocycles. The van der Waals surface area contributed by atoms with Gasteiger partial charge in [-0.2, -0.15) is 4.98 Å². The summed E-state index contributed by atoms with van der Waals surface area (Å²) in [7, 11) is 1.42. The summed E-state index contributed by atoms with van der Waals surface area (Å²) >= 11 is 5.90. The second kappa shape index (κ2) is 5.10. The number of aromatic nitrogens is 2. The summed E-state index contributed by atoms with van der Waals surface area (Å²) in [6.45, 7) is 0.468. The number of ether oxygens (including phenoxy) is 1. The quantitative estimate of drug-likeness (QED) is 0.914. The molecular weight excluding hydrogens is 254 g/mol. The van der Waals surface area contributed by atoms with Crippen molar-refractivity contribution < 1.29 is 4.74 Å². The minimum Gasteiger partial charge on any atom is -0.490 e. The van der Waals surface area contributed by atoms with Gasteiger partial charge in [0.15, 0.2) is 0 Å². The number of rotatable bonds is 3. The molecule has 1 heterocycles. The van der Waals surface area contributed by atoms with Gasteiger partial charge >= 0.3 is 5.56 Å². The zero-order valence-electron chi connectivity index (χ0n) is 9.76. The SMILES string of the molecule is COc1cn(Cc2cccc(Cl)c2)c(N)nc1=O. The molecule has 0 atom stereocenters. The van der Waals surface area contributed by atoms with Gasteiger partial charge in [0.1, 0.15) is 0 Å². The molecule has 2 aromatic rings. The van der Waals surface area contributed by atoms with Crippen LogP contribution in [-0.4, -0.2) is 16.7 Å². The minimum absolute atomic E-state index is 0.140. The van der Waals surface area contributed by atoms with E-state index in [1.54, 1.807) is 10.6 Å². The number of benzene rings is 1. The zero-order valence-corrected chi connectivity index (χ0v) is 10.5. The highest BCUT2D eigenvalue weighted by Gasteiger charge is 2.06. The molecule has 0 saturated carbocycles. The standard InChI is InChI=1S/C12H12ClN3O2/c1-18-10-7-16(12(14)15-11(10)17)6-8-3-2-4-9(13)5-8/h2-5,7H,6H2,1H3,(H2,14,15,17). The predicted molar refractivity (Wildman–Crippen MR) is 70.0 cm³/mol. The van der Waals surface area contributed by atoms with Crippen molar-refractivity contribution in [3.8, 4) is 5.75 Å². The highest BCUT2D eigenvalue weighted by atomic mass is 35.5. The lowest BCUT2D eigenvalue weighted by molar-refractivity contribution is 0.402. The van der Waals surface area contributed by atoms with Gasteiger partial charge in [-0.15, -0.1) is 0 Å². The van der Waals surface area contributed by atoms with Gasteiger partial charge in [0.25, 0.3) is 0 Å². The molecule has 5 nitrogen and oxygen atoms in total. The molecule has 2 rings (SSSR count). The number of methoxy groups -OCH3 is 1. The Morgan fingerprint density at radius 2 is 2.28 bits per heavy atom. The summed E-state index contributed by atoms with van der Waals surface area (Å²) in [5.74, 6) is 0.298. The van der Waals surface area contributed by atoms with E-state index in [1.165, 1.54) is 13.3 Å². The summed E-state index contributed by atoms with van der Waals surface area (Å²) < 4.78 is 6.56. The van der Waals surface area contributed by atoms with Gasteiger partial charge < -0.3 is 15.0 Å². The van der Waals surface area contributed by atoms with Crippen LogP contribution in [0.2, 0.25) is 5.02 Å². The third-order valence-electron chi connectivity index (χ3n) is 2.46. The third kappa shape index (κ3) is 2.62. The largest absolute Gasteiger partial charge is 0.490 e. The minimum atomic E-state index is -0.475. The third-order valence-corrected chi connectivity index (χ3v) is 2.69. The van der Waals surface area contributed by atoms with Crippen LogP contribution in [0.5, 0.6) is 5.75 Å². The maximum atomic E-state index is 11.4. The van der Waals surface area contributed by atoms with Crippen molar-refractivity contribution in [2.75, 3.05) is 12.8 Å². The molecule has 94 valence electrons. The fourth-order valence-electron chi connectivity index (χ4n) is 1.58. The summed E-state index contributed by atoms with van der Waals surface area (Å²) in [4.78, 5) is 15.1. The Kier molecular flexibility index (Phi) is 3.53. The molecule has 0 spiro atoms. The van der Waals surface area contributed by atoms with E-state index in [0.29, 0.717) is 11.6 Å². The van der Waals surface area contributed by atoms with E-state index in [9.17, 15) is 4.79 Å². The second-order valence-electron chi connectivity index (χ2n) is 3.73. The first-order valence-electron chi connectivity index (χ1n) is 5.25. The van der Waals surface area contributed by atoms with E-state index in [0.717, 1.165) is 5.56 Å². The van der Waals surface area contributed by atoms with Crippen molar-refractivity contribution in [1.29, 1.82) is 0 Å². The van der Waals surface area contributed by atoms with Gasteiger partial charge in [-0.1, -0.05) is 23.7 Å². The molecule has 0 fully saturated rings. The topological polar surface area (TPSA) is 70.1 Å². The van der Waals surface area contributed by atoms with Crippen LogP contribution in [-0.2, 0) is 6.54 Å². The Hall–Kier alpha value is -2.01. The first-order chi connectivity index (χ1) is 8.60. The average molecular weight is 266 g/mol. The molecule has 0 bridgehead atoms. The van der Waals surface area contributed by atoms with Crippen LogP contribution in [0.25, 0.3) is 0 Å². The van der Waals surface area contributed by atoms with Crippen LogP contribution in [0, 0.1) is 0 Å². The number of anilines is 1. The van der Waals surface area contributed by atoms with Crippen molar-refractivity contribution in [1.82, 2.24) is 9.55 Å². The van der Waals surface area contributed by atoms with Crippen molar-refractivity contribution in [3.63, 3.8) is 0 Å². The average Bonchev–Trinajstić information content (AvgIpc) is 2.33. The lowest BCUT2D eigenvalue weighted by Gasteiger charge is -2.10. The molecule has 0 aliphatic carbocycles. The zero-order chi connectivity index (χ0) is 13.1. The summed E-state index contributed by atoms with van der Waals surface area (Å²) in [6.07, 6.45) is 1.53. The number of halogens is 1. The van der Waals surface area contributed by atoms with E-state index in [2.05, 4.69) is 4.98 Å². The monoisotopic (exact) mass is 265 g/mol. The molecule has 1 aromatic carbocycles. The lowest BCUT2D eigenvalue weighted by atomic mass is 10.2. The van der Waals surface area contributed by atoms with Crippen LogP contribution >= 0.6 is 11.6 Å². The first-order valence-corrected chi connectivity index (χ1v) is 5.63. The van der Waals surface area contributed by atoms with Crippen molar-refractivity contribution >= 4 is 17.5 Å². The summed E-state index contributed by atoms with van der Waals surface area (Å²) in [6, 6.07) is 7.38. The fourth-order valence-corrected chi connectivity index (χ4v) is 1.80. The van der Waals surface area contributed by atoms with Crippen molar-refractivity contribution in [3.05, 3.63) is 51.4 Å². The summed E-state index contributed by atoms with van der Waals surface area (Å²) in [5, 5.41) is 0.645. The van der Waals surface area contributed by atoms with Gasteiger partial charge in [-0.25, -0.2) is 0 Å². The number of nitrogens with zero attached hydrogens (tertiary/aromatic N) is 2. The molecule has 6 heteroatoms. The molecule has 0 aliphatic rings. The Labute approximate surface area is 109 Å². The Balaban J connectivity index is 2.37. The van der Waals surface area contributed by atoms with E-state index in [1.807, 2.05) is 18.2 Å². The fraction of sp³-hybridized carbons (Fsp3) is 0.167. The van der Waals surface area contributed by atoms with Gasteiger partial charge in [0.05, 0.1) is 19.9 Å². The van der Waals surface area contributed by atoms with E-state index < -0.39 is 5.56 Å². The molecule has 0 aliphatic heterocycles. The van der Waals surface area contributed by atoms with Crippen LogP contribution in [0.15, 0.2) is 35.3 Å². The van der Waals surface area contributed by atoms with E-state index in [-0.39, 0.29) is 11.7 Å². The molecule has 0 unspecified atom stereocenters. The van der Waals surface area contributed by atoms with Crippen molar-refractivity contribution in [2.45, 2.75) is 6.54 Å². The summed E-state index contributed by atoms with van der Waals surface area (Å²) in [5.41, 5.74) is 6.18. The maximum absolute atomic E-state index is 11.4. The van der Waals surface area contributed by atoms with Crippen LogP contribution in [0.1, 0.15) is 5.56 Å². The molecular formula is C12H12ClN3O2. The highest BCUT2D eigenvalue weighted by molar-refractivity contribution is 6.30. The normalized spacial score (nSPS) is 10.3. The van der Waals surface area contributed by atoms with E-state index >= 15 is 0 Å². The number of nitrogen functional groups attached to an aromatic ring is 1. The Morgan fingerprint density at radius 1 is 1.50 bits per heavy atom. The smallest absolute Gasteiger partial charge is 0.316 e. The van der Waals surface area contributed by atoms with Crippen LogP contribution < -0.4 is 16.0 Å². The van der Waals surface area contributed by atoms with Gasteiger partial charge in [0.2, 0.25) is 11.7 Å². The van der Waals surface area contributed by atoms with Crippen LogP contribution in [0.4, 0.5) is 5.95 Å². The molecule has 0 radical (unpaired) electrons. The van der Waals surface area contributed by atoms with Gasteiger partial charge in [-0.3, -0.25) is 4.79 Å². The van der Waals surface area contributed by atoms with Crippen LogP contribution in [0.3, 0.4) is 0 Å². The number of hydrogen-bond donors (Lipinski definition) is 1. The molecule has 2 N–H and O–H groups in total. The van der Waals surface area contributed by atoms with Crippen molar-refractivity contribution in [2.24, 2.45) is 0 Å².